The van der Waals surface area contributed by atoms with Gasteiger partial charge in [-0.05, 0) is 42.5 Å². The summed E-state index contributed by atoms with van der Waals surface area (Å²) in [5, 5.41) is 20.8. The van der Waals surface area contributed by atoms with Gasteiger partial charge >= 0.3 is 0 Å². The highest BCUT2D eigenvalue weighted by molar-refractivity contribution is 5.95. The Morgan fingerprint density at radius 2 is 1.79 bits per heavy atom. The topological polar surface area (TPSA) is 91.5 Å². The molecule has 0 spiro atoms. The van der Waals surface area contributed by atoms with Gasteiger partial charge in [0.2, 0.25) is 0 Å². The number of aliphatic hydroxyl groups excluding tert-OH is 1. The van der Waals surface area contributed by atoms with Crippen LogP contribution in [-0.2, 0) is 6.61 Å². The van der Waals surface area contributed by atoms with Crippen LogP contribution < -0.4 is 10.6 Å². The summed E-state index contributed by atoms with van der Waals surface area (Å²) in [4.78, 5) is 17.0. The van der Waals surface area contributed by atoms with E-state index < -0.39 is 0 Å². The quantitative estimate of drug-likeness (QED) is 0.363. The van der Waals surface area contributed by atoms with E-state index in [4.69, 9.17) is 5.10 Å². The molecule has 1 aliphatic rings. The van der Waals surface area contributed by atoms with E-state index >= 15 is 0 Å². The van der Waals surface area contributed by atoms with E-state index in [0.29, 0.717) is 17.5 Å². The maximum Gasteiger partial charge on any atom is 0.251 e. The molecule has 174 valence electrons. The minimum absolute atomic E-state index is 0.00822. The molecule has 5 rings (SSSR count). The van der Waals surface area contributed by atoms with Crippen LogP contribution in [0.25, 0.3) is 28.2 Å². The Kier molecular flexibility index (Phi) is 6.02. The van der Waals surface area contributed by atoms with Gasteiger partial charge in [-0.15, -0.1) is 0 Å². The first-order chi connectivity index (χ1) is 16.5. The van der Waals surface area contributed by atoms with Gasteiger partial charge in [0.25, 0.3) is 5.91 Å². The molecule has 34 heavy (non-hydrogen) atoms. The summed E-state index contributed by atoms with van der Waals surface area (Å²) >= 11 is 0. The number of benzene rings is 2. The third kappa shape index (κ3) is 4.65. The molecule has 0 aliphatic heterocycles. The number of rotatable bonds is 8. The molecule has 1 amide bonds. The standard InChI is InChI=1S/C27H29N5O2/c1-17(2)14-28-24-13-23(19-5-3-18(16-33)4-6-19)31-32-25(15-29-26(24)32)20-7-9-21(10-8-20)27(34)30-22-11-12-22/h3-10,13,15,17,22,28,33H,11-12,14,16H2,1-2H3,(H,30,34). The van der Waals surface area contributed by atoms with Gasteiger partial charge in [-0.3, -0.25) is 4.79 Å². The van der Waals surface area contributed by atoms with Crippen molar-refractivity contribution >= 4 is 17.2 Å². The third-order valence-electron chi connectivity index (χ3n) is 5.96. The van der Waals surface area contributed by atoms with Gasteiger partial charge in [0.05, 0.1) is 29.9 Å². The molecule has 2 aromatic carbocycles. The van der Waals surface area contributed by atoms with Crippen molar-refractivity contribution in [3.63, 3.8) is 0 Å². The van der Waals surface area contributed by atoms with Crippen molar-refractivity contribution in [3.8, 4) is 22.5 Å². The molecule has 3 N–H and O–H groups in total. The average molecular weight is 456 g/mol. The second kappa shape index (κ2) is 9.27. The van der Waals surface area contributed by atoms with Gasteiger partial charge in [0.15, 0.2) is 5.65 Å². The van der Waals surface area contributed by atoms with Gasteiger partial charge < -0.3 is 15.7 Å². The van der Waals surface area contributed by atoms with E-state index in [0.717, 1.165) is 58.8 Å². The van der Waals surface area contributed by atoms with Gasteiger partial charge in [-0.1, -0.05) is 50.2 Å². The lowest BCUT2D eigenvalue weighted by Crippen LogP contribution is -2.25. The molecular formula is C27H29N5O2. The molecule has 0 saturated heterocycles. The van der Waals surface area contributed by atoms with E-state index in [1.807, 2.05) is 65.3 Å². The fraction of sp³-hybridized carbons (Fsp3) is 0.296. The lowest BCUT2D eigenvalue weighted by atomic mass is 10.1. The second-order valence-electron chi connectivity index (χ2n) is 9.28. The summed E-state index contributed by atoms with van der Waals surface area (Å²) in [7, 11) is 0. The number of fused-ring (bicyclic) bond motifs is 1. The van der Waals surface area contributed by atoms with Crippen molar-refractivity contribution < 1.29 is 9.90 Å². The molecule has 1 fully saturated rings. The molecule has 7 heteroatoms. The van der Waals surface area contributed by atoms with Crippen LogP contribution in [0, 0.1) is 5.92 Å². The average Bonchev–Trinajstić information content (AvgIpc) is 3.57. The molecule has 0 atom stereocenters. The molecule has 2 aromatic heterocycles. The maximum absolute atomic E-state index is 12.4. The first-order valence-corrected chi connectivity index (χ1v) is 11.8. The number of aliphatic hydroxyl groups is 1. The summed E-state index contributed by atoms with van der Waals surface area (Å²) in [5.74, 6) is 0.448. The summed E-state index contributed by atoms with van der Waals surface area (Å²) in [6.07, 6.45) is 3.95. The summed E-state index contributed by atoms with van der Waals surface area (Å²) in [5.41, 5.74) is 6.73. The predicted octanol–water partition coefficient (Wildman–Crippen LogP) is 4.52. The number of anilines is 1. The Labute approximate surface area is 198 Å². The van der Waals surface area contributed by atoms with Crippen molar-refractivity contribution in [3.05, 3.63) is 71.9 Å². The van der Waals surface area contributed by atoms with Crippen LogP contribution in [0.3, 0.4) is 0 Å². The largest absolute Gasteiger partial charge is 0.392 e. The van der Waals surface area contributed by atoms with Crippen LogP contribution in [-0.4, -0.2) is 38.2 Å². The van der Waals surface area contributed by atoms with Crippen LogP contribution in [0.1, 0.15) is 42.6 Å². The van der Waals surface area contributed by atoms with E-state index in [9.17, 15) is 9.90 Å². The minimum Gasteiger partial charge on any atom is -0.392 e. The van der Waals surface area contributed by atoms with Crippen molar-refractivity contribution in [2.45, 2.75) is 39.3 Å². The Morgan fingerprint density at radius 3 is 2.44 bits per heavy atom. The molecule has 1 aliphatic carbocycles. The number of hydrogen-bond acceptors (Lipinski definition) is 5. The minimum atomic E-state index is -0.0286. The van der Waals surface area contributed by atoms with Gasteiger partial charge in [-0.25, -0.2) is 9.50 Å². The Morgan fingerprint density at radius 1 is 1.09 bits per heavy atom. The fourth-order valence-electron chi connectivity index (χ4n) is 3.82. The zero-order valence-electron chi connectivity index (χ0n) is 19.5. The molecular weight excluding hydrogens is 426 g/mol. The van der Waals surface area contributed by atoms with Crippen molar-refractivity contribution in [2.24, 2.45) is 5.92 Å². The number of hydrogen-bond donors (Lipinski definition) is 3. The number of carbonyl (C=O) groups is 1. The highest BCUT2D eigenvalue weighted by Gasteiger charge is 2.23. The molecule has 0 unspecified atom stereocenters. The molecule has 2 heterocycles. The van der Waals surface area contributed by atoms with Gasteiger partial charge in [0, 0.05) is 29.3 Å². The first-order valence-electron chi connectivity index (χ1n) is 11.8. The zero-order valence-corrected chi connectivity index (χ0v) is 19.5. The first kappa shape index (κ1) is 22.1. The molecule has 0 radical (unpaired) electrons. The highest BCUT2D eigenvalue weighted by Crippen LogP contribution is 2.29. The lowest BCUT2D eigenvalue weighted by molar-refractivity contribution is 0.0951. The monoisotopic (exact) mass is 455 g/mol. The van der Waals surface area contributed by atoms with Crippen molar-refractivity contribution in [1.82, 2.24) is 19.9 Å². The zero-order chi connectivity index (χ0) is 23.7. The Balaban J connectivity index is 1.54. The van der Waals surface area contributed by atoms with E-state index in [1.54, 1.807) is 0 Å². The fourth-order valence-corrected chi connectivity index (χ4v) is 3.82. The van der Waals surface area contributed by atoms with Crippen molar-refractivity contribution in [1.29, 1.82) is 0 Å². The van der Waals surface area contributed by atoms with E-state index in [1.165, 1.54) is 0 Å². The number of amides is 1. The predicted molar refractivity (Wildman–Crippen MR) is 134 cm³/mol. The number of nitrogens with zero attached hydrogens (tertiary/aromatic N) is 3. The number of aromatic nitrogens is 3. The molecule has 4 aromatic rings. The van der Waals surface area contributed by atoms with Crippen LogP contribution >= 0.6 is 0 Å². The Bertz CT molecular complexity index is 1310. The molecule has 1 saturated carbocycles. The number of nitrogens with one attached hydrogen (secondary N) is 2. The van der Waals surface area contributed by atoms with E-state index in [-0.39, 0.29) is 12.5 Å². The van der Waals surface area contributed by atoms with Gasteiger partial charge in [0.1, 0.15) is 0 Å². The third-order valence-corrected chi connectivity index (χ3v) is 5.96. The normalized spacial score (nSPS) is 13.4. The lowest BCUT2D eigenvalue weighted by Gasteiger charge is -2.13. The smallest absolute Gasteiger partial charge is 0.251 e. The van der Waals surface area contributed by atoms with Crippen LogP contribution in [0.2, 0.25) is 0 Å². The summed E-state index contributed by atoms with van der Waals surface area (Å²) < 4.78 is 1.86. The number of imidazole rings is 1. The summed E-state index contributed by atoms with van der Waals surface area (Å²) in [6, 6.07) is 17.7. The van der Waals surface area contributed by atoms with Gasteiger partial charge in [-0.2, -0.15) is 5.10 Å². The van der Waals surface area contributed by atoms with Crippen molar-refractivity contribution in [2.75, 3.05) is 11.9 Å². The summed E-state index contributed by atoms with van der Waals surface area (Å²) in [6.45, 7) is 5.15. The Hall–Kier alpha value is -3.71. The molecule has 7 nitrogen and oxygen atoms in total. The van der Waals surface area contributed by atoms with E-state index in [2.05, 4.69) is 29.5 Å². The SMILES string of the molecule is CC(C)CNc1cc(-c2ccc(CO)cc2)nn2c(-c3ccc(C(=O)NC4CC4)cc3)cnc12. The second-order valence-corrected chi connectivity index (χ2v) is 9.28. The van der Waals surface area contributed by atoms with Crippen LogP contribution in [0.4, 0.5) is 5.69 Å². The highest BCUT2D eigenvalue weighted by atomic mass is 16.3. The van der Waals surface area contributed by atoms with Crippen LogP contribution in [0.5, 0.6) is 0 Å². The number of carbonyl (C=O) groups excluding carboxylic acids is 1. The molecule has 0 bridgehead atoms. The maximum atomic E-state index is 12.4. The van der Waals surface area contributed by atoms with Crippen LogP contribution in [0.15, 0.2) is 60.8 Å².